The molecule has 1 aromatic heterocycles. The number of hydrogen-bond acceptors (Lipinski definition) is 9. The van der Waals surface area contributed by atoms with Crippen LogP contribution in [0.3, 0.4) is 0 Å². The fourth-order valence-corrected chi connectivity index (χ4v) is 5.03. The number of amides is 3. The second-order valence-corrected chi connectivity index (χ2v) is 9.07. The fourth-order valence-electron chi connectivity index (χ4n) is 3.16. The molecule has 0 atom stereocenters. The molecule has 0 radical (unpaired) electrons. The van der Waals surface area contributed by atoms with Crippen molar-refractivity contribution in [3.05, 3.63) is 45.7 Å². The van der Waals surface area contributed by atoms with Crippen LogP contribution in [0.25, 0.3) is 6.08 Å². The van der Waals surface area contributed by atoms with Crippen LogP contribution >= 0.6 is 23.5 Å². The van der Waals surface area contributed by atoms with Gasteiger partial charge in [-0.1, -0.05) is 11.2 Å². The third-order valence-corrected chi connectivity index (χ3v) is 6.75. The van der Waals surface area contributed by atoms with Gasteiger partial charge in [-0.3, -0.25) is 19.3 Å². The molecule has 4 rings (SSSR count). The normalized spacial score (nSPS) is 16.3. The van der Waals surface area contributed by atoms with Crippen molar-refractivity contribution >= 4 is 46.7 Å². The Hall–Kier alpha value is -2.92. The van der Waals surface area contributed by atoms with Crippen LogP contribution < -0.4 is 14.8 Å². The third kappa shape index (κ3) is 4.94. The highest BCUT2D eigenvalue weighted by Gasteiger charge is 2.34. The van der Waals surface area contributed by atoms with E-state index in [9.17, 15) is 14.4 Å². The number of aromatic nitrogens is 1. The Morgan fingerprint density at radius 3 is 2.88 bits per heavy atom. The highest BCUT2D eigenvalue weighted by molar-refractivity contribution is 8.18. The van der Waals surface area contributed by atoms with Crippen LogP contribution in [0.4, 0.5) is 4.79 Å². The van der Waals surface area contributed by atoms with Crippen LogP contribution in [0.15, 0.2) is 27.6 Å². The maximum Gasteiger partial charge on any atom is 0.293 e. The second-order valence-electron chi connectivity index (χ2n) is 7.09. The number of imide groups is 1. The maximum atomic E-state index is 12.6. The molecule has 0 saturated carbocycles. The lowest BCUT2D eigenvalue weighted by Crippen LogP contribution is -2.37. The fraction of sp³-hybridized carbons (Fsp3) is 0.333. The van der Waals surface area contributed by atoms with Crippen molar-refractivity contribution in [3.63, 3.8) is 0 Å². The van der Waals surface area contributed by atoms with E-state index in [1.165, 1.54) is 11.8 Å². The zero-order chi connectivity index (χ0) is 22.7. The van der Waals surface area contributed by atoms with Gasteiger partial charge in [-0.25, -0.2) is 0 Å². The van der Waals surface area contributed by atoms with Gasteiger partial charge >= 0.3 is 0 Å². The number of nitrogens with zero attached hydrogens (tertiary/aromatic N) is 2. The van der Waals surface area contributed by atoms with E-state index in [1.807, 2.05) is 13.8 Å². The van der Waals surface area contributed by atoms with Gasteiger partial charge in [0.15, 0.2) is 11.5 Å². The summed E-state index contributed by atoms with van der Waals surface area (Å²) in [7, 11) is 0. The molecule has 32 heavy (non-hydrogen) atoms. The van der Waals surface area contributed by atoms with Crippen LogP contribution in [0.2, 0.25) is 0 Å². The molecule has 3 amide bonds. The summed E-state index contributed by atoms with van der Waals surface area (Å²) in [5.74, 6) is 2.36. The van der Waals surface area contributed by atoms with E-state index in [0.717, 1.165) is 39.2 Å². The summed E-state index contributed by atoms with van der Waals surface area (Å²) in [6, 6.07) is 5.32. The molecule has 2 aromatic rings. The van der Waals surface area contributed by atoms with Crippen LogP contribution in [0.1, 0.15) is 22.6 Å². The lowest BCUT2D eigenvalue weighted by atomic mass is 10.2. The number of rotatable bonds is 8. The number of carbonyl (C=O) groups excluding carboxylic acids is 3. The van der Waals surface area contributed by atoms with E-state index >= 15 is 0 Å². The first kappa shape index (κ1) is 22.3. The van der Waals surface area contributed by atoms with E-state index in [1.54, 1.807) is 24.3 Å². The van der Waals surface area contributed by atoms with Gasteiger partial charge in [0.2, 0.25) is 12.7 Å². The molecule has 168 valence electrons. The molecule has 2 aliphatic heterocycles. The quantitative estimate of drug-likeness (QED) is 0.576. The zero-order valence-electron chi connectivity index (χ0n) is 17.5. The number of aryl methyl sites for hydroxylation is 2. The first-order chi connectivity index (χ1) is 15.4. The van der Waals surface area contributed by atoms with Gasteiger partial charge in [-0.05, 0) is 49.4 Å². The van der Waals surface area contributed by atoms with Crippen molar-refractivity contribution in [1.29, 1.82) is 0 Å². The molecule has 1 fully saturated rings. The number of fused-ring (bicyclic) bond motifs is 1. The maximum absolute atomic E-state index is 12.6. The lowest BCUT2D eigenvalue weighted by Gasteiger charge is -2.13. The van der Waals surface area contributed by atoms with Gasteiger partial charge in [-0.15, -0.1) is 11.8 Å². The van der Waals surface area contributed by atoms with E-state index in [2.05, 4.69) is 10.5 Å². The number of thioether (sulfide) groups is 2. The van der Waals surface area contributed by atoms with Crippen molar-refractivity contribution in [2.24, 2.45) is 0 Å². The smallest absolute Gasteiger partial charge is 0.293 e. The lowest BCUT2D eigenvalue weighted by molar-refractivity contribution is -0.123. The molecule has 0 unspecified atom stereocenters. The summed E-state index contributed by atoms with van der Waals surface area (Å²) in [6.45, 7) is 4.18. The van der Waals surface area contributed by atoms with Crippen LogP contribution in [-0.2, 0) is 15.3 Å². The van der Waals surface area contributed by atoms with Crippen LogP contribution in [-0.4, -0.2) is 52.7 Å². The minimum absolute atomic E-state index is 0.115. The molecule has 1 N–H and O–H groups in total. The zero-order valence-corrected chi connectivity index (χ0v) is 19.1. The van der Waals surface area contributed by atoms with Gasteiger partial charge in [0.05, 0.1) is 16.4 Å². The van der Waals surface area contributed by atoms with Gasteiger partial charge in [0, 0.05) is 24.4 Å². The molecular formula is C21H21N3O6S2. The summed E-state index contributed by atoms with van der Waals surface area (Å²) in [5, 5.41) is 6.28. The topological polar surface area (TPSA) is 111 Å². The summed E-state index contributed by atoms with van der Waals surface area (Å²) < 4.78 is 15.7. The molecule has 0 aliphatic carbocycles. The Balaban J connectivity index is 1.24. The van der Waals surface area contributed by atoms with Crippen molar-refractivity contribution in [1.82, 2.24) is 15.4 Å². The summed E-state index contributed by atoms with van der Waals surface area (Å²) >= 11 is 2.33. The number of ether oxygens (including phenoxy) is 2. The molecule has 3 heterocycles. The van der Waals surface area contributed by atoms with Gasteiger partial charge in [-0.2, -0.15) is 0 Å². The first-order valence-electron chi connectivity index (χ1n) is 9.83. The average molecular weight is 476 g/mol. The standard InChI is InChI=1S/C21H21N3O6S2/c1-12-15(13(2)30-23-12)9-31-10-19(25)22-5-6-24-20(26)18(32-21(24)27)8-14-3-4-16-17(7-14)29-11-28-16/h3-4,7-8H,5-6,9-11H2,1-2H3,(H,22,25)/b18-8-. The van der Waals surface area contributed by atoms with Crippen molar-refractivity contribution < 1.29 is 28.4 Å². The second kappa shape index (κ2) is 9.70. The minimum atomic E-state index is -0.375. The Labute approximate surface area is 192 Å². The highest BCUT2D eigenvalue weighted by Crippen LogP contribution is 2.36. The molecule has 0 spiro atoms. The summed E-state index contributed by atoms with van der Waals surface area (Å²) in [6.07, 6.45) is 1.65. The number of benzene rings is 1. The van der Waals surface area contributed by atoms with Gasteiger partial charge < -0.3 is 19.3 Å². The summed E-state index contributed by atoms with van der Waals surface area (Å²) in [5.41, 5.74) is 2.56. The predicted octanol–water partition coefficient (Wildman–Crippen LogP) is 3.11. The first-order valence-corrected chi connectivity index (χ1v) is 11.8. The third-order valence-electron chi connectivity index (χ3n) is 4.89. The van der Waals surface area contributed by atoms with Crippen molar-refractivity contribution in [3.8, 4) is 11.5 Å². The van der Waals surface area contributed by atoms with E-state index in [4.69, 9.17) is 14.0 Å². The van der Waals surface area contributed by atoms with Crippen molar-refractivity contribution in [2.75, 3.05) is 25.6 Å². The SMILES string of the molecule is Cc1noc(C)c1CSCC(=O)NCCN1C(=O)S/C(=C\c2ccc3c(c2)OCO3)C1=O. The Morgan fingerprint density at radius 2 is 2.09 bits per heavy atom. The van der Waals surface area contributed by atoms with E-state index in [0.29, 0.717) is 22.2 Å². The predicted molar refractivity (Wildman–Crippen MR) is 120 cm³/mol. The number of carbonyl (C=O) groups is 3. The van der Waals surface area contributed by atoms with Crippen molar-refractivity contribution in [2.45, 2.75) is 19.6 Å². The van der Waals surface area contributed by atoms with E-state index < -0.39 is 0 Å². The van der Waals surface area contributed by atoms with E-state index in [-0.39, 0.29) is 42.7 Å². The Morgan fingerprint density at radius 1 is 1.28 bits per heavy atom. The molecule has 9 nitrogen and oxygen atoms in total. The monoisotopic (exact) mass is 475 g/mol. The van der Waals surface area contributed by atoms with Crippen LogP contribution in [0, 0.1) is 13.8 Å². The van der Waals surface area contributed by atoms with Gasteiger partial charge in [0.1, 0.15) is 5.76 Å². The molecular weight excluding hydrogens is 454 g/mol. The minimum Gasteiger partial charge on any atom is -0.454 e. The molecule has 0 bridgehead atoms. The molecule has 2 aliphatic rings. The van der Waals surface area contributed by atoms with Gasteiger partial charge in [0.25, 0.3) is 11.1 Å². The Kier molecular flexibility index (Phi) is 6.75. The average Bonchev–Trinajstić information content (AvgIpc) is 3.43. The Bertz CT molecular complexity index is 1080. The molecule has 1 saturated heterocycles. The number of hydrogen-bond donors (Lipinski definition) is 1. The molecule has 1 aromatic carbocycles. The number of nitrogens with one attached hydrogen (secondary N) is 1. The highest BCUT2D eigenvalue weighted by atomic mass is 32.2. The summed E-state index contributed by atoms with van der Waals surface area (Å²) in [4.78, 5) is 38.4. The largest absolute Gasteiger partial charge is 0.454 e. The molecule has 11 heteroatoms. The van der Waals surface area contributed by atoms with Crippen LogP contribution in [0.5, 0.6) is 11.5 Å².